The Bertz CT molecular complexity index is 619. The molecule has 0 aliphatic rings. The number of carbonyl (C=O) groups is 1. The zero-order chi connectivity index (χ0) is 15.9. The first kappa shape index (κ1) is 17.2. The highest BCUT2D eigenvalue weighted by Gasteiger charge is 2.12. The highest BCUT2D eigenvalue weighted by molar-refractivity contribution is 7.99. The molecule has 1 amide bonds. The van der Waals surface area contributed by atoms with Crippen molar-refractivity contribution in [1.29, 1.82) is 0 Å². The van der Waals surface area contributed by atoms with Crippen LogP contribution in [0.15, 0.2) is 33.9 Å². The minimum atomic E-state index is -0.0860. The van der Waals surface area contributed by atoms with Gasteiger partial charge < -0.3 is 9.73 Å². The topological polar surface area (TPSA) is 68.0 Å². The molecule has 0 bridgehead atoms. The lowest BCUT2D eigenvalue weighted by Gasteiger charge is -2.13. The molecule has 1 atom stereocenters. The molecule has 0 radical (unpaired) electrons. The summed E-state index contributed by atoms with van der Waals surface area (Å²) in [5.74, 6) is 1.40. The van der Waals surface area contributed by atoms with E-state index in [1.54, 1.807) is 23.9 Å². The van der Waals surface area contributed by atoms with E-state index in [0.717, 1.165) is 5.56 Å². The van der Waals surface area contributed by atoms with Crippen LogP contribution in [0.2, 0.25) is 5.02 Å². The first-order valence-corrected chi connectivity index (χ1v) is 9.33. The smallest absolute Gasteiger partial charge is 0.277 e. The number of amides is 1. The summed E-state index contributed by atoms with van der Waals surface area (Å²) in [7, 11) is 0. The van der Waals surface area contributed by atoms with Crippen LogP contribution in [0, 0.1) is 0 Å². The predicted octanol–water partition coefficient (Wildman–Crippen LogP) is 3.56. The van der Waals surface area contributed by atoms with Gasteiger partial charge >= 0.3 is 0 Å². The van der Waals surface area contributed by atoms with Crippen LogP contribution < -0.4 is 5.32 Å². The molecule has 22 heavy (non-hydrogen) atoms. The molecule has 5 nitrogen and oxygen atoms in total. The molecule has 0 saturated carbocycles. The second kappa shape index (κ2) is 8.45. The lowest BCUT2D eigenvalue weighted by atomic mass is 10.1. The minimum absolute atomic E-state index is 0.0832. The molecule has 0 spiro atoms. The van der Waals surface area contributed by atoms with Crippen molar-refractivity contribution < 1.29 is 9.21 Å². The summed E-state index contributed by atoms with van der Waals surface area (Å²) in [4.78, 5) is 11.9. The largest absolute Gasteiger partial charge is 0.415 e. The highest BCUT2D eigenvalue weighted by Crippen LogP contribution is 2.19. The Morgan fingerprint density at radius 2 is 2.09 bits per heavy atom. The lowest BCUT2D eigenvalue weighted by Crippen LogP contribution is -2.28. The Labute approximate surface area is 142 Å². The van der Waals surface area contributed by atoms with Gasteiger partial charge in [-0.2, -0.15) is 11.8 Å². The van der Waals surface area contributed by atoms with Gasteiger partial charge in [-0.15, -0.1) is 10.2 Å². The number of nitrogens with zero attached hydrogens (tertiary/aromatic N) is 2. The van der Waals surface area contributed by atoms with Crippen molar-refractivity contribution in [3.63, 3.8) is 0 Å². The van der Waals surface area contributed by atoms with Crippen LogP contribution in [0.5, 0.6) is 0 Å². The third-order valence-corrected chi connectivity index (χ3v) is 4.40. The molecular formula is C14H16ClN3O2S2. The third kappa shape index (κ3) is 5.23. The monoisotopic (exact) mass is 357 g/mol. The van der Waals surface area contributed by atoms with Gasteiger partial charge in [0, 0.05) is 5.02 Å². The van der Waals surface area contributed by atoms with Crippen LogP contribution in [0.1, 0.15) is 24.4 Å². The molecule has 0 saturated heterocycles. The number of carbonyl (C=O) groups excluding carboxylic acids is 1. The van der Waals surface area contributed by atoms with Gasteiger partial charge in [-0.05, 0) is 30.9 Å². The van der Waals surface area contributed by atoms with Crippen LogP contribution >= 0.6 is 35.1 Å². The van der Waals surface area contributed by atoms with Crippen molar-refractivity contribution in [2.24, 2.45) is 0 Å². The maximum Gasteiger partial charge on any atom is 0.277 e. The summed E-state index contributed by atoms with van der Waals surface area (Å²) in [6, 6.07) is 7.32. The fourth-order valence-electron chi connectivity index (χ4n) is 1.72. The molecule has 0 aliphatic heterocycles. The van der Waals surface area contributed by atoms with Gasteiger partial charge in [-0.25, -0.2) is 0 Å². The Hall–Kier alpha value is -1.18. The standard InChI is InChI=1S/C14H16ClN3O2S2/c1-9(10-3-5-11(15)6-4-10)16-12(19)7-22-14-18-17-13(20-14)8-21-2/h3-6,9H,7-8H2,1-2H3,(H,16,19). The molecule has 1 heterocycles. The molecular weight excluding hydrogens is 342 g/mol. The van der Waals surface area contributed by atoms with Gasteiger partial charge in [0.25, 0.3) is 5.22 Å². The Morgan fingerprint density at radius 3 is 2.77 bits per heavy atom. The van der Waals surface area contributed by atoms with Crippen LogP contribution in [-0.2, 0) is 10.5 Å². The maximum atomic E-state index is 11.9. The third-order valence-electron chi connectivity index (χ3n) is 2.79. The molecule has 0 fully saturated rings. The van der Waals surface area contributed by atoms with Gasteiger partial charge in [0.2, 0.25) is 11.8 Å². The molecule has 1 unspecified atom stereocenters. The van der Waals surface area contributed by atoms with E-state index in [9.17, 15) is 4.79 Å². The Kier molecular flexibility index (Phi) is 6.60. The molecule has 8 heteroatoms. The summed E-state index contributed by atoms with van der Waals surface area (Å²) in [5.41, 5.74) is 1.00. The van der Waals surface area contributed by atoms with Crippen molar-refractivity contribution in [2.45, 2.75) is 23.9 Å². The molecule has 2 aromatic rings. The van der Waals surface area contributed by atoms with Gasteiger partial charge in [0.05, 0.1) is 17.5 Å². The average Bonchev–Trinajstić information content (AvgIpc) is 2.94. The van der Waals surface area contributed by atoms with Crippen LogP contribution in [0.4, 0.5) is 0 Å². The van der Waals surface area contributed by atoms with E-state index in [2.05, 4.69) is 15.5 Å². The number of hydrogen-bond donors (Lipinski definition) is 1. The average molecular weight is 358 g/mol. The summed E-state index contributed by atoms with van der Waals surface area (Å²) in [6.45, 7) is 1.93. The van der Waals surface area contributed by atoms with Gasteiger partial charge in [0.1, 0.15) is 0 Å². The number of rotatable bonds is 7. The zero-order valence-electron chi connectivity index (χ0n) is 12.2. The number of thioether (sulfide) groups is 2. The van der Waals surface area contributed by atoms with E-state index in [0.29, 0.717) is 21.9 Å². The molecule has 2 rings (SSSR count). The SMILES string of the molecule is CSCc1nnc(SCC(=O)NC(C)c2ccc(Cl)cc2)o1. The fraction of sp³-hybridized carbons (Fsp3) is 0.357. The van der Waals surface area contributed by atoms with Gasteiger partial charge in [-0.3, -0.25) is 4.79 Å². The quantitative estimate of drug-likeness (QED) is 0.764. The Balaban J connectivity index is 1.80. The minimum Gasteiger partial charge on any atom is -0.415 e. The number of hydrogen-bond acceptors (Lipinski definition) is 6. The normalized spacial score (nSPS) is 12.1. The summed E-state index contributed by atoms with van der Waals surface area (Å²) < 4.78 is 5.40. The number of halogens is 1. The summed E-state index contributed by atoms with van der Waals surface area (Å²) in [5, 5.41) is 11.8. The van der Waals surface area contributed by atoms with Crippen molar-refractivity contribution in [1.82, 2.24) is 15.5 Å². The second-order valence-electron chi connectivity index (χ2n) is 4.52. The maximum absolute atomic E-state index is 11.9. The van der Waals surface area contributed by atoms with E-state index in [-0.39, 0.29) is 17.7 Å². The first-order valence-electron chi connectivity index (χ1n) is 6.57. The van der Waals surface area contributed by atoms with E-state index >= 15 is 0 Å². The van der Waals surface area contributed by atoms with Crippen LogP contribution in [0.3, 0.4) is 0 Å². The second-order valence-corrected chi connectivity index (χ2v) is 6.75. The van der Waals surface area contributed by atoms with E-state index in [1.807, 2.05) is 25.3 Å². The van der Waals surface area contributed by atoms with Crippen molar-refractivity contribution in [3.05, 3.63) is 40.7 Å². The van der Waals surface area contributed by atoms with Gasteiger partial charge in [0.15, 0.2) is 0 Å². The molecule has 1 aromatic carbocycles. The number of aromatic nitrogens is 2. The van der Waals surface area contributed by atoms with Crippen LogP contribution in [0.25, 0.3) is 0 Å². The zero-order valence-corrected chi connectivity index (χ0v) is 14.6. The van der Waals surface area contributed by atoms with Crippen molar-refractivity contribution in [3.8, 4) is 0 Å². The van der Waals surface area contributed by atoms with Crippen molar-refractivity contribution >= 4 is 41.0 Å². The van der Waals surface area contributed by atoms with E-state index < -0.39 is 0 Å². The summed E-state index contributed by atoms with van der Waals surface area (Å²) in [6.07, 6.45) is 1.96. The number of nitrogens with one attached hydrogen (secondary N) is 1. The van der Waals surface area contributed by atoms with E-state index in [4.69, 9.17) is 16.0 Å². The first-order chi connectivity index (χ1) is 10.6. The molecule has 118 valence electrons. The van der Waals surface area contributed by atoms with Crippen LogP contribution in [-0.4, -0.2) is 28.1 Å². The fourth-order valence-corrected chi connectivity index (χ4v) is 2.80. The summed E-state index contributed by atoms with van der Waals surface area (Å²) >= 11 is 8.69. The Morgan fingerprint density at radius 1 is 1.36 bits per heavy atom. The van der Waals surface area contributed by atoms with Crippen molar-refractivity contribution in [2.75, 3.05) is 12.0 Å². The van der Waals surface area contributed by atoms with Gasteiger partial charge in [-0.1, -0.05) is 35.5 Å². The van der Waals surface area contributed by atoms with E-state index in [1.165, 1.54) is 11.8 Å². The molecule has 0 aliphatic carbocycles. The molecule has 1 N–H and O–H groups in total. The lowest BCUT2D eigenvalue weighted by molar-refractivity contribution is -0.119. The highest BCUT2D eigenvalue weighted by atomic mass is 35.5. The number of benzene rings is 1. The molecule has 1 aromatic heterocycles. The predicted molar refractivity (Wildman–Crippen MR) is 90.3 cm³/mol.